The monoisotopic (exact) mass is 313 g/mol. The van der Waals surface area contributed by atoms with E-state index < -0.39 is 0 Å². The van der Waals surface area contributed by atoms with E-state index >= 15 is 0 Å². The molecule has 1 heterocycles. The van der Waals surface area contributed by atoms with Gasteiger partial charge in [0.1, 0.15) is 5.82 Å². The molecule has 1 saturated heterocycles. The molecule has 0 saturated carbocycles. The Hall–Kier alpha value is -0.410. The maximum absolute atomic E-state index is 13.1. The second-order valence-corrected chi connectivity index (χ2v) is 6.14. The van der Waals surface area contributed by atoms with Crippen LogP contribution in [0, 0.1) is 5.82 Å². The van der Waals surface area contributed by atoms with Crippen molar-refractivity contribution in [2.45, 2.75) is 51.0 Å². The van der Waals surface area contributed by atoms with Crippen LogP contribution in [0.15, 0.2) is 22.7 Å². The van der Waals surface area contributed by atoms with Crippen LogP contribution in [0.4, 0.5) is 4.39 Å². The fourth-order valence-electron chi connectivity index (χ4n) is 2.81. The van der Waals surface area contributed by atoms with Crippen LogP contribution in [0.1, 0.15) is 44.6 Å². The maximum atomic E-state index is 13.1. The molecule has 0 aromatic heterocycles. The van der Waals surface area contributed by atoms with Crippen LogP contribution < -0.4 is 5.32 Å². The molecule has 1 aromatic carbocycles. The van der Waals surface area contributed by atoms with Crippen LogP contribution in [-0.2, 0) is 6.42 Å². The SMILES string of the molecule is CCC1(Cc2ccc(F)cc2Br)CCCCCN1. The first kappa shape index (κ1) is 14.0. The molecule has 1 fully saturated rings. The van der Waals surface area contributed by atoms with Gasteiger partial charge in [-0.1, -0.05) is 41.8 Å². The van der Waals surface area contributed by atoms with E-state index in [9.17, 15) is 4.39 Å². The van der Waals surface area contributed by atoms with Crippen molar-refractivity contribution in [3.8, 4) is 0 Å². The van der Waals surface area contributed by atoms with Crippen LogP contribution in [0.3, 0.4) is 0 Å². The second-order valence-electron chi connectivity index (χ2n) is 5.28. The average molecular weight is 314 g/mol. The molecule has 0 amide bonds. The molecule has 0 radical (unpaired) electrons. The first-order valence-electron chi connectivity index (χ1n) is 6.84. The Morgan fingerprint density at radius 2 is 2.17 bits per heavy atom. The summed E-state index contributed by atoms with van der Waals surface area (Å²) in [5, 5.41) is 3.72. The first-order chi connectivity index (χ1) is 8.65. The van der Waals surface area contributed by atoms with Crippen molar-refractivity contribution in [2.24, 2.45) is 0 Å². The molecule has 0 aliphatic carbocycles. The quantitative estimate of drug-likeness (QED) is 0.869. The van der Waals surface area contributed by atoms with Gasteiger partial charge >= 0.3 is 0 Å². The van der Waals surface area contributed by atoms with Crippen molar-refractivity contribution < 1.29 is 4.39 Å². The molecule has 0 bridgehead atoms. The van der Waals surface area contributed by atoms with E-state index in [0.717, 1.165) is 23.9 Å². The predicted molar refractivity (Wildman–Crippen MR) is 77.3 cm³/mol. The summed E-state index contributed by atoms with van der Waals surface area (Å²) in [5.41, 5.74) is 1.39. The summed E-state index contributed by atoms with van der Waals surface area (Å²) < 4.78 is 14.0. The molecule has 1 unspecified atom stereocenters. The average Bonchev–Trinajstić information content (AvgIpc) is 2.59. The second kappa shape index (κ2) is 6.16. The van der Waals surface area contributed by atoms with Gasteiger partial charge in [0, 0.05) is 10.0 Å². The zero-order valence-electron chi connectivity index (χ0n) is 10.9. The summed E-state index contributed by atoms with van der Waals surface area (Å²) in [7, 11) is 0. The molecule has 1 aliphatic heterocycles. The fraction of sp³-hybridized carbons (Fsp3) is 0.600. The molecule has 100 valence electrons. The zero-order chi connectivity index (χ0) is 13.0. The Bertz CT molecular complexity index is 397. The van der Waals surface area contributed by atoms with Gasteiger partial charge in [0.25, 0.3) is 0 Å². The van der Waals surface area contributed by atoms with Gasteiger partial charge in [-0.25, -0.2) is 4.39 Å². The molecule has 1 aromatic rings. The Kier molecular flexibility index (Phi) is 4.79. The molecule has 18 heavy (non-hydrogen) atoms. The zero-order valence-corrected chi connectivity index (χ0v) is 12.5. The lowest BCUT2D eigenvalue weighted by atomic mass is 9.84. The van der Waals surface area contributed by atoms with Gasteiger partial charge in [0.2, 0.25) is 0 Å². The summed E-state index contributed by atoms with van der Waals surface area (Å²) in [6, 6.07) is 5.03. The number of nitrogens with one attached hydrogen (secondary N) is 1. The van der Waals surface area contributed by atoms with Crippen molar-refractivity contribution in [1.29, 1.82) is 0 Å². The van der Waals surface area contributed by atoms with Gasteiger partial charge in [-0.15, -0.1) is 0 Å². The molecular weight excluding hydrogens is 293 g/mol. The minimum atomic E-state index is -0.176. The van der Waals surface area contributed by atoms with E-state index in [1.807, 2.05) is 6.07 Å². The lowest BCUT2D eigenvalue weighted by Crippen LogP contribution is -2.46. The van der Waals surface area contributed by atoms with E-state index in [1.54, 1.807) is 12.1 Å². The highest BCUT2D eigenvalue weighted by molar-refractivity contribution is 9.10. The summed E-state index contributed by atoms with van der Waals surface area (Å²) in [4.78, 5) is 0. The minimum absolute atomic E-state index is 0.176. The summed E-state index contributed by atoms with van der Waals surface area (Å²) in [6.45, 7) is 3.35. The standard InChI is InChI=1S/C15H21BrFN/c1-2-15(8-4-3-5-9-18-15)11-12-6-7-13(17)10-14(12)16/h6-7,10,18H,2-5,8-9,11H2,1H3. The van der Waals surface area contributed by atoms with Crippen molar-refractivity contribution in [1.82, 2.24) is 5.32 Å². The highest BCUT2D eigenvalue weighted by Crippen LogP contribution is 2.29. The lowest BCUT2D eigenvalue weighted by molar-refractivity contribution is 0.301. The van der Waals surface area contributed by atoms with Crippen LogP contribution >= 0.6 is 15.9 Å². The van der Waals surface area contributed by atoms with E-state index in [1.165, 1.54) is 31.2 Å². The van der Waals surface area contributed by atoms with Crippen LogP contribution in [0.5, 0.6) is 0 Å². The molecule has 2 rings (SSSR count). The number of halogens is 2. The molecule has 1 aliphatic rings. The Morgan fingerprint density at radius 1 is 1.33 bits per heavy atom. The van der Waals surface area contributed by atoms with Gasteiger partial charge in [-0.3, -0.25) is 0 Å². The summed E-state index contributed by atoms with van der Waals surface area (Å²) in [5.74, 6) is -0.176. The third-order valence-corrected chi connectivity index (χ3v) is 4.79. The molecule has 0 spiro atoms. The first-order valence-corrected chi connectivity index (χ1v) is 7.63. The van der Waals surface area contributed by atoms with E-state index in [-0.39, 0.29) is 11.4 Å². The van der Waals surface area contributed by atoms with E-state index in [4.69, 9.17) is 0 Å². The third-order valence-electron chi connectivity index (χ3n) is 4.05. The highest BCUT2D eigenvalue weighted by Gasteiger charge is 2.29. The number of hydrogen-bond acceptors (Lipinski definition) is 1. The Labute approximate surface area is 117 Å². The normalized spacial score (nSPS) is 24.8. The minimum Gasteiger partial charge on any atom is -0.311 e. The smallest absolute Gasteiger partial charge is 0.124 e. The van der Waals surface area contributed by atoms with Gasteiger partial charge in [0.15, 0.2) is 0 Å². The number of rotatable bonds is 3. The third kappa shape index (κ3) is 3.33. The molecule has 1 atom stereocenters. The largest absolute Gasteiger partial charge is 0.311 e. The van der Waals surface area contributed by atoms with Crippen LogP contribution in [0.25, 0.3) is 0 Å². The van der Waals surface area contributed by atoms with E-state index in [0.29, 0.717) is 0 Å². The van der Waals surface area contributed by atoms with Gasteiger partial charge in [-0.05, 0) is 49.9 Å². The Balaban J connectivity index is 2.18. The van der Waals surface area contributed by atoms with Crippen molar-refractivity contribution >= 4 is 15.9 Å². The molecule has 1 nitrogen and oxygen atoms in total. The molecule has 3 heteroatoms. The predicted octanol–water partition coefficient (Wildman–Crippen LogP) is 4.44. The number of benzene rings is 1. The van der Waals surface area contributed by atoms with Crippen molar-refractivity contribution in [3.63, 3.8) is 0 Å². The summed E-state index contributed by atoms with van der Waals surface area (Å²) in [6.07, 6.45) is 7.19. The van der Waals surface area contributed by atoms with E-state index in [2.05, 4.69) is 28.2 Å². The van der Waals surface area contributed by atoms with Crippen LogP contribution in [-0.4, -0.2) is 12.1 Å². The van der Waals surface area contributed by atoms with Crippen molar-refractivity contribution in [3.05, 3.63) is 34.1 Å². The highest BCUT2D eigenvalue weighted by atomic mass is 79.9. The van der Waals surface area contributed by atoms with Crippen LogP contribution in [0.2, 0.25) is 0 Å². The topological polar surface area (TPSA) is 12.0 Å². The maximum Gasteiger partial charge on any atom is 0.124 e. The summed E-state index contributed by atoms with van der Waals surface area (Å²) >= 11 is 3.48. The molecular formula is C15H21BrFN. The fourth-order valence-corrected chi connectivity index (χ4v) is 3.31. The van der Waals surface area contributed by atoms with Crippen molar-refractivity contribution in [2.75, 3.05) is 6.54 Å². The Morgan fingerprint density at radius 3 is 2.89 bits per heavy atom. The van der Waals surface area contributed by atoms with Gasteiger partial charge in [-0.2, -0.15) is 0 Å². The lowest BCUT2D eigenvalue weighted by Gasteiger charge is -2.33. The molecule has 1 N–H and O–H groups in total. The van der Waals surface area contributed by atoms with Gasteiger partial charge in [0.05, 0.1) is 0 Å². The number of hydrogen-bond donors (Lipinski definition) is 1. The van der Waals surface area contributed by atoms with Gasteiger partial charge < -0.3 is 5.32 Å².